The van der Waals surface area contributed by atoms with E-state index in [1.165, 1.54) is 22.3 Å². The van der Waals surface area contributed by atoms with E-state index in [-0.39, 0.29) is 5.54 Å². The molecule has 0 aliphatic carbocycles. The Balaban J connectivity index is 1.60. The fraction of sp³-hybridized carbons (Fsp3) is 0.375. The molecule has 3 N–H and O–H groups in total. The van der Waals surface area contributed by atoms with Gasteiger partial charge in [-0.2, -0.15) is 0 Å². The number of aromatic amines is 1. The normalized spacial score (nSPS) is 13.5. The van der Waals surface area contributed by atoms with Crippen LogP contribution in [0.2, 0.25) is 0 Å². The second-order valence-electron chi connectivity index (χ2n) is 7.79. The van der Waals surface area contributed by atoms with Crippen molar-refractivity contribution < 1.29 is 0 Å². The standard InChI is InChI=1S/C24H31N3/c1-4-23-26-17-22(27-23)21-12-10-20(11-13-21)16-19-8-6-18(7-9-19)14-15-24(3,25)5-2/h6-13,17H,4-5,14-16,25H2,1-3H3,(H,26,27). The molecule has 0 amide bonds. The first-order chi connectivity index (χ1) is 13.0. The Kier molecular flexibility index (Phi) is 6.12. The topological polar surface area (TPSA) is 54.7 Å². The molecule has 3 rings (SSSR count). The van der Waals surface area contributed by atoms with Gasteiger partial charge in [-0.1, -0.05) is 62.4 Å². The summed E-state index contributed by atoms with van der Waals surface area (Å²) in [5, 5.41) is 0. The average molecular weight is 362 g/mol. The van der Waals surface area contributed by atoms with Crippen LogP contribution in [0.5, 0.6) is 0 Å². The lowest BCUT2D eigenvalue weighted by atomic mass is 9.91. The summed E-state index contributed by atoms with van der Waals surface area (Å²) in [6.45, 7) is 6.40. The summed E-state index contributed by atoms with van der Waals surface area (Å²) in [5.74, 6) is 1.03. The molecule has 142 valence electrons. The molecular weight excluding hydrogens is 330 g/mol. The fourth-order valence-corrected chi connectivity index (χ4v) is 3.16. The molecule has 3 nitrogen and oxygen atoms in total. The molecule has 1 unspecified atom stereocenters. The van der Waals surface area contributed by atoms with Crippen molar-refractivity contribution in [3.8, 4) is 11.3 Å². The van der Waals surface area contributed by atoms with Crippen LogP contribution in [0.25, 0.3) is 11.3 Å². The molecule has 0 aliphatic heterocycles. The quantitative estimate of drug-likeness (QED) is 0.573. The minimum Gasteiger partial charge on any atom is -0.342 e. The molecule has 0 aliphatic rings. The van der Waals surface area contributed by atoms with E-state index in [4.69, 9.17) is 5.73 Å². The summed E-state index contributed by atoms with van der Waals surface area (Å²) in [6.07, 6.45) is 6.87. The number of benzene rings is 2. The predicted molar refractivity (Wildman–Crippen MR) is 114 cm³/mol. The van der Waals surface area contributed by atoms with Crippen molar-refractivity contribution in [1.29, 1.82) is 0 Å². The first kappa shape index (κ1) is 19.4. The minimum absolute atomic E-state index is 0.0625. The fourth-order valence-electron chi connectivity index (χ4n) is 3.16. The van der Waals surface area contributed by atoms with Gasteiger partial charge in [-0.25, -0.2) is 4.98 Å². The Hall–Kier alpha value is -2.39. The second kappa shape index (κ2) is 8.53. The van der Waals surface area contributed by atoms with Crippen molar-refractivity contribution in [1.82, 2.24) is 9.97 Å². The summed E-state index contributed by atoms with van der Waals surface area (Å²) in [7, 11) is 0. The SMILES string of the molecule is CCc1ncc(-c2ccc(Cc3ccc(CCC(C)(N)CC)cc3)cc2)[nH]1. The molecule has 3 heteroatoms. The van der Waals surface area contributed by atoms with E-state index < -0.39 is 0 Å². The van der Waals surface area contributed by atoms with Crippen LogP contribution in [0.1, 0.15) is 56.1 Å². The highest BCUT2D eigenvalue weighted by Crippen LogP contribution is 2.20. The van der Waals surface area contributed by atoms with Gasteiger partial charge >= 0.3 is 0 Å². The van der Waals surface area contributed by atoms with Gasteiger partial charge in [0.25, 0.3) is 0 Å². The maximum atomic E-state index is 6.25. The Bertz CT molecular complexity index is 842. The monoisotopic (exact) mass is 361 g/mol. The zero-order valence-electron chi connectivity index (χ0n) is 16.8. The largest absolute Gasteiger partial charge is 0.342 e. The van der Waals surface area contributed by atoms with Gasteiger partial charge in [0.15, 0.2) is 0 Å². The Morgan fingerprint density at radius 2 is 1.52 bits per heavy atom. The van der Waals surface area contributed by atoms with Crippen molar-refractivity contribution >= 4 is 0 Å². The number of imidazole rings is 1. The molecular formula is C24H31N3. The molecule has 3 aromatic rings. The number of hydrogen-bond acceptors (Lipinski definition) is 2. The Morgan fingerprint density at radius 1 is 0.926 bits per heavy atom. The molecule has 0 bridgehead atoms. The van der Waals surface area contributed by atoms with Gasteiger partial charge in [-0.15, -0.1) is 0 Å². The van der Waals surface area contributed by atoms with Gasteiger partial charge in [0.1, 0.15) is 5.82 Å². The summed E-state index contributed by atoms with van der Waals surface area (Å²) >= 11 is 0. The van der Waals surface area contributed by atoms with Gasteiger partial charge in [0.2, 0.25) is 0 Å². The third kappa shape index (κ3) is 5.30. The predicted octanol–water partition coefficient (Wildman–Crippen LogP) is 5.29. The second-order valence-corrected chi connectivity index (χ2v) is 7.79. The molecule has 0 saturated carbocycles. The summed E-state index contributed by atoms with van der Waals surface area (Å²) in [5.41, 5.74) is 12.5. The van der Waals surface area contributed by atoms with Crippen LogP contribution in [0, 0.1) is 0 Å². The number of aryl methyl sites for hydroxylation is 2. The van der Waals surface area contributed by atoms with Gasteiger partial charge in [0.05, 0.1) is 11.9 Å². The van der Waals surface area contributed by atoms with E-state index in [9.17, 15) is 0 Å². The van der Waals surface area contributed by atoms with Gasteiger partial charge in [0, 0.05) is 12.0 Å². The third-order valence-corrected chi connectivity index (χ3v) is 5.45. The summed E-state index contributed by atoms with van der Waals surface area (Å²) < 4.78 is 0. The highest BCUT2D eigenvalue weighted by molar-refractivity contribution is 5.59. The molecule has 0 radical (unpaired) electrons. The van der Waals surface area contributed by atoms with Gasteiger partial charge in [-0.05, 0) is 54.9 Å². The number of nitrogens with one attached hydrogen (secondary N) is 1. The van der Waals surface area contributed by atoms with Crippen LogP contribution in [0.3, 0.4) is 0 Å². The zero-order valence-corrected chi connectivity index (χ0v) is 16.8. The van der Waals surface area contributed by atoms with Gasteiger partial charge in [-0.3, -0.25) is 0 Å². The van der Waals surface area contributed by atoms with Crippen LogP contribution in [-0.4, -0.2) is 15.5 Å². The molecule has 0 spiro atoms. The number of nitrogens with zero attached hydrogens (tertiary/aromatic N) is 1. The molecule has 0 fully saturated rings. The molecule has 1 heterocycles. The first-order valence-electron chi connectivity index (χ1n) is 9.99. The zero-order chi connectivity index (χ0) is 19.3. The third-order valence-electron chi connectivity index (χ3n) is 5.45. The molecule has 0 saturated heterocycles. The first-order valence-corrected chi connectivity index (χ1v) is 9.99. The Morgan fingerprint density at radius 3 is 2.07 bits per heavy atom. The highest BCUT2D eigenvalue weighted by Gasteiger charge is 2.14. The number of hydrogen-bond donors (Lipinski definition) is 2. The van der Waals surface area contributed by atoms with E-state index in [1.807, 2.05) is 6.20 Å². The van der Waals surface area contributed by atoms with E-state index in [0.717, 1.165) is 43.6 Å². The van der Waals surface area contributed by atoms with E-state index in [2.05, 4.69) is 79.3 Å². The molecule has 1 atom stereocenters. The maximum Gasteiger partial charge on any atom is 0.106 e. The lowest BCUT2D eigenvalue weighted by Gasteiger charge is -2.22. The van der Waals surface area contributed by atoms with Crippen molar-refractivity contribution in [3.63, 3.8) is 0 Å². The average Bonchev–Trinajstić information content (AvgIpc) is 3.17. The van der Waals surface area contributed by atoms with Crippen molar-refractivity contribution in [2.24, 2.45) is 5.73 Å². The summed E-state index contributed by atoms with van der Waals surface area (Å²) in [6, 6.07) is 17.7. The lowest BCUT2D eigenvalue weighted by molar-refractivity contribution is 0.418. The molecule has 1 aromatic heterocycles. The lowest BCUT2D eigenvalue weighted by Crippen LogP contribution is -2.35. The van der Waals surface area contributed by atoms with E-state index >= 15 is 0 Å². The Labute approximate surface area is 163 Å². The minimum atomic E-state index is -0.0625. The maximum absolute atomic E-state index is 6.25. The van der Waals surface area contributed by atoms with Crippen molar-refractivity contribution in [3.05, 3.63) is 77.2 Å². The molecule has 27 heavy (non-hydrogen) atoms. The van der Waals surface area contributed by atoms with Crippen molar-refractivity contribution in [2.75, 3.05) is 0 Å². The number of rotatable bonds is 8. The number of aromatic nitrogens is 2. The number of H-pyrrole nitrogens is 1. The van der Waals surface area contributed by atoms with E-state index in [0.29, 0.717) is 0 Å². The molecule has 2 aromatic carbocycles. The van der Waals surface area contributed by atoms with Crippen LogP contribution in [0.4, 0.5) is 0 Å². The van der Waals surface area contributed by atoms with Crippen LogP contribution >= 0.6 is 0 Å². The number of nitrogens with two attached hydrogens (primary N) is 1. The summed E-state index contributed by atoms with van der Waals surface area (Å²) in [4.78, 5) is 7.74. The van der Waals surface area contributed by atoms with E-state index in [1.54, 1.807) is 0 Å². The van der Waals surface area contributed by atoms with Gasteiger partial charge < -0.3 is 10.7 Å². The van der Waals surface area contributed by atoms with Crippen LogP contribution in [-0.2, 0) is 19.3 Å². The van der Waals surface area contributed by atoms with Crippen LogP contribution in [0.15, 0.2) is 54.7 Å². The highest BCUT2D eigenvalue weighted by atomic mass is 14.9. The smallest absolute Gasteiger partial charge is 0.106 e. The van der Waals surface area contributed by atoms with Crippen LogP contribution < -0.4 is 5.73 Å². The van der Waals surface area contributed by atoms with Crippen molar-refractivity contribution in [2.45, 2.75) is 58.4 Å².